The largest absolute Gasteiger partial charge is 0.354 e. The van der Waals surface area contributed by atoms with Crippen molar-refractivity contribution in [1.29, 1.82) is 0 Å². The van der Waals surface area contributed by atoms with E-state index in [1.54, 1.807) is 27.9 Å². The quantitative estimate of drug-likeness (QED) is 0.547. The first-order valence-corrected chi connectivity index (χ1v) is 12.9. The molecule has 0 aliphatic carbocycles. The number of anilines is 2. The Hall–Kier alpha value is -3.80. The van der Waals surface area contributed by atoms with Crippen LogP contribution >= 0.6 is 0 Å². The number of hydrogen-bond donors (Lipinski definition) is 2. The molecular weight excluding hydrogens is 494 g/mol. The van der Waals surface area contributed by atoms with Gasteiger partial charge in [0.2, 0.25) is 5.91 Å². The van der Waals surface area contributed by atoms with E-state index in [4.69, 9.17) is 4.98 Å². The van der Waals surface area contributed by atoms with Gasteiger partial charge in [0, 0.05) is 50.9 Å². The molecule has 2 aromatic heterocycles. The fourth-order valence-corrected chi connectivity index (χ4v) is 5.91. The van der Waals surface area contributed by atoms with Gasteiger partial charge in [-0.2, -0.15) is 5.10 Å². The Kier molecular flexibility index (Phi) is 6.13. The Labute approximate surface area is 218 Å². The molecule has 1 aromatic carbocycles. The van der Waals surface area contributed by atoms with Crippen molar-refractivity contribution in [2.24, 2.45) is 0 Å². The minimum Gasteiger partial charge on any atom is -0.354 e. The van der Waals surface area contributed by atoms with Crippen LogP contribution in [0.4, 0.5) is 25.1 Å². The summed E-state index contributed by atoms with van der Waals surface area (Å²) in [7, 11) is 2.00. The zero-order valence-corrected chi connectivity index (χ0v) is 21.2. The molecule has 5 heterocycles. The molecule has 2 N–H and O–H groups in total. The van der Waals surface area contributed by atoms with Crippen LogP contribution in [0.3, 0.4) is 0 Å². The van der Waals surface area contributed by atoms with Gasteiger partial charge in [0.05, 0.1) is 17.8 Å². The molecule has 2 atom stereocenters. The predicted molar refractivity (Wildman–Crippen MR) is 137 cm³/mol. The monoisotopic (exact) mass is 524 g/mol. The van der Waals surface area contributed by atoms with Gasteiger partial charge in [-0.05, 0) is 50.6 Å². The van der Waals surface area contributed by atoms with E-state index in [1.807, 2.05) is 11.9 Å². The lowest BCUT2D eigenvalue weighted by Gasteiger charge is -2.36. The molecule has 3 aliphatic heterocycles. The molecule has 0 radical (unpaired) electrons. The molecule has 3 fully saturated rings. The van der Waals surface area contributed by atoms with Crippen molar-refractivity contribution in [3.05, 3.63) is 53.9 Å². The van der Waals surface area contributed by atoms with E-state index in [1.165, 1.54) is 6.07 Å². The maximum absolute atomic E-state index is 14.6. The number of carbonyl (C=O) groups is 2. The number of likely N-dealkylation sites (tertiary alicyclic amines) is 1. The number of benzene rings is 1. The second-order valence-corrected chi connectivity index (χ2v) is 10.4. The number of nitrogens with one attached hydrogen (secondary N) is 2. The Balaban J connectivity index is 1.21. The predicted octanol–water partition coefficient (Wildman–Crippen LogP) is 2.78. The van der Waals surface area contributed by atoms with Gasteiger partial charge in [0.15, 0.2) is 5.65 Å². The maximum Gasteiger partial charge on any atom is 0.322 e. The van der Waals surface area contributed by atoms with E-state index in [9.17, 15) is 18.4 Å². The van der Waals surface area contributed by atoms with Gasteiger partial charge >= 0.3 is 6.03 Å². The molecule has 38 heavy (non-hydrogen) atoms. The van der Waals surface area contributed by atoms with Gasteiger partial charge in [-0.15, -0.1) is 0 Å². The van der Waals surface area contributed by atoms with Gasteiger partial charge in [0.1, 0.15) is 23.1 Å². The first-order chi connectivity index (χ1) is 18.3. The van der Waals surface area contributed by atoms with Crippen LogP contribution in [0.25, 0.3) is 5.65 Å². The molecule has 3 aromatic rings. The smallest absolute Gasteiger partial charge is 0.322 e. The van der Waals surface area contributed by atoms with Crippen molar-refractivity contribution in [1.82, 2.24) is 29.7 Å². The standard InChI is InChI=1S/C26H30F2N8O2/c1-33-10-7-23(37)29-15-26(33)8-12-34(16-26)25(38)31-20-14-30-36-11-6-22(32-24(20)36)35-9-2-3-21(35)18-13-17(27)4-5-19(18)28/h4-6,11,13-14,21H,2-3,7-10,12,15-16H2,1H3,(H,29,37)(H,31,38)/t21-,26?/m1/s1. The molecule has 1 spiro atoms. The third-order valence-corrected chi connectivity index (χ3v) is 8.18. The second kappa shape index (κ2) is 9.50. The number of likely N-dealkylation sites (N-methyl/N-ethyl adjacent to an activating group) is 1. The molecule has 6 rings (SSSR count). The SMILES string of the molecule is CN1CCC(=O)NCC12CCN(C(=O)Nc1cnn3ccc(N4CCC[C@@H]4c4cc(F)ccc4F)nc13)C2. The number of rotatable bonds is 3. The summed E-state index contributed by atoms with van der Waals surface area (Å²) in [4.78, 5) is 35.8. The lowest BCUT2D eigenvalue weighted by atomic mass is 9.97. The van der Waals surface area contributed by atoms with Crippen LogP contribution in [0.15, 0.2) is 36.7 Å². The van der Waals surface area contributed by atoms with Gasteiger partial charge in [-0.3, -0.25) is 9.69 Å². The number of aromatic nitrogens is 3. The number of carbonyl (C=O) groups excluding carboxylic acids is 2. The molecule has 12 heteroatoms. The van der Waals surface area contributed by atoms with E-state index in [-0.39, 0.29) is 23.5 Å². The third-order valence-electron chi connectivity index (χ3n) is 8.18. The van der Waals surface area contributed by atoms with Gasteiger partial charge < -0.3 is 20.4 Å². The highest BCUT2D eigenvalue weighted by molar-refractivity contribution is 5.93. The van der Waals surface area contributed by atoms with Gasteiger partial charge in [-0.1, -0.05) is 0 Å². The summed E-state index contributed by atoms with van der Waals surface area (Å²) < 4.78 is 30.0. The average molecular weight is 525 g/mol. The van der Waals surface area contributed by atoms with Crippen LogP contribution in [0.1, 0.15) is 37.3 Å². The van der Waals surface area contributed by atoms with Gasteiger partial charge in [-0.25, -0.2) is 23.1 Å². The summed E-state index contributed by atoms with van der Waals surface area (Å²) in [5, 5.41) is 10.3. The Bertz CT molecular complexity index is 1400. The highest BCUT2D eigenvalue weighted by Crippen LogP contribution is 2.37. The first-order valence-electron chi connectivity index (χ1n) is 12.9. The third kappa shape index (κ3) is 4.32. The lowest BCUT2D eigenvalue weighted by molar-refractivity contribution is -0.120. The fraction of sp³-hybridized carbons (Fsp3) is 0.462. The van der Waals surface area contributed by atoms with Crippen molar-refractivity contribution in [2.75, 3.05) is 50.0 Å². The van der Waals surface area contributed by atoms with Crippen molar-refractivity contribution in [3.63, 3.8) is 0 Å². The van der Waals surface area contributed by atoms with E-state index in [0.717, 1.165) is 25.0 Å². The molecule has 1 unspecified atom stereocenters. The Morgan fingerprint density at radius 2 is 2.08 bits per heavy atom. The fourth-order valence-electron chi connectivity index (χ4n) is 5.91. The summed E-state index contributed by atoms with van der Waals surface area (Å²) in [5.41, 5.74) is 0.961. The molecule has 3 saturated heterocycles. The van der Waals surface area contributed by atoms with Crippen molar-refractivity contribution < 1.29 is 18.4 Å². The normalized spacial score (nSPS) is 24.3. The number of nitrogens with zero attached hydrogens (tertiary/aromatic N) is 6. The van der Waals surface area contributed by atoms with E-state index >= 15 is 0 Å². The summed E-state index contributed by atoms with van der Waals surface area (Å²) in [6.07, 6.45) is 6.02. The molecule has 200 valence electrons. The Morgan fingerprint density at radius 3 is 2.95 bits per heavy atom. The molecule has 0 saturated carbocycles. The summed E-state index contributed by atoms with van der Waals surface area (Å²) in [5.74, 6) is -0.275. The average Bonchev–Trinajstić information content (AvgIpc) is 3.64. The number of fused-ring (bicyclic) bond motifs is 1. The zero-order chi connectivity index (χ0) is 26.4. The topological polar surface area (TPSA) is 98.1 Å². The lowest BCUT2D eigenvalue weighted by Crippen LogP contribution is -2.54. The highest BCUT2D eigenvalue weighted by Gasteiger charge is 2.44. The van der Waals surface area contributed by atoms with Crippen molar-refractivity contribution in [3.8, 4) is 0 Å². The van der Waals surface area contributed by atoms with Crippen molar-refractivity contribution in [2.45, 2.75) is 37.3 Å². The maximum atomic E-state index is 14.6. The molecule has 0 bridgehead atoms. The van der Waals surface area contributed by atoms with Crippen LogP contribution in [-0.2, 0) is 4.79 Å². The van der Waals surface area contributed by atoms with E-state index in [0.29, 0.717) is 68.3 Å². The minimum atomic E-state index is -0.474. The molecule has 3 aliphatic rings. The van der Waals surface area contributed by atoms with Gasteiger partial charge in [0.25, 0.3) is 0 Å². The number of amides is 3. The van der Waals surface area contributed by atoms with Crippen LogP contribution < -0.4 is 15.5 Å². The van der Waals surface area contributed by atoms with Crippen LogP contribution in [0.2, 0.25) is 0 Å². The van der Waals surface area contributed by atoms with E-state index < -0.39 is 11.6 Å². The summed E-state index contributed by atoms with van der Waals surface area (Å²) >= 11 is 0. The van der Waals surface area contributed by atoms with E-state index in [2.05, 4.69) is 20.6 Å². The molecular formula is C26H30F2N8O2. The summed E-state index contributed by atoms with van der Waals surface area (Å²) in [6, 6.07) is 4.73. The number of hydrogen-bond acceptors (Lipinski definition) is 6. The first kappa shape index (κ1) is 24.5. The van der Waals surface area contributed by atoms with Crippen LogP contribution in [0, 0.1) is 11.6 Å². The van der Waals surface area contributed by atoms with Crippen molar-refractivity contribution >= 4 is 29.1 Å². The minimum absolute atomic E-state index is 0.0326. The second-order valence-electron chi connectivity index (χ2n) is 10.4. The van der Waals surface area contributed by atoms with Crippen LogP contribution in [0.5, 0.6) is 0 Å². The zero-order valence-electron chi connectivity index (χ0n) is 21.2. The molecule has 3 amide bonds. The van der Waals surface area contributed by atoms with Crippen LogP contribution in [-0.4, -0.2) is 81.6 Å². The highest BCUT2D eigenvalue weighted by atomic mass is 19.1. The number of urea groups is 1. The number of halogens is 2. The summed E-state index contributed by atoms with van der Waals surface area (Å²) in [6.45, 7) is 2.88. The molecule has 10 nitrogen and oxygen atoms in total. The Morgan fingerprint density at radius 1 is 1.21 bits per heavy atom.